The Hall–Kier alpha value is -3.42. The fraction of sp³-hybridized carbons (Fsp3) is 0.300. The van der Waals surface area contributed by atoms with Crippen molar-refractivity contribution in [1.82, 2.24) is 24.5 Å². The van der Waals surface area contributed by atoms with E-state index in [9.17, 15) is 9.59 Å². The van der Waals surface area contributed by atoms with Crippen molar-refractivity contribution in [2.24, 2.45) is 0 Å². The van der Waals surface area contributed by atoms with Gasteiger partial charge in [0.25, 0.3) is 11.8 Å². The lowest BCUT2D eigenvalue weighted by molar-refractivity contribution is 0.0704. The maximum atomic E-state index is 12.9. The van der Waals surface area contributed by atoms with Crippen molar-refractivity contribution in [3.05, 3.63) is 65.2 Å². The Kier molecular flexibility index (Phi) is 4.68. The Morgan fingerprint density at radius 1 is 1.14 bits per heavy atom. The number of anilines is 1. The Morgan fingerprint density at radius 3 is 2.64 bits per heavy atom. The van der Waals surface area contributed by atoms with Crippen LogP contribution in [0.25, 0.3) is 0 Å². The zero-order valence-corrected chi connectivity index (χ0v) is 15.9. The SMILES string of the molecule is CCn1cc(C(=O)N2CCn3nc(C(=O)Nc4ccccc4)cc3C2)c(C)n1. The number of rotatable bonds is 4. The number of fused-ring (bicyclic) bond motifs is 1. The summed E-state index contributed by atoms with van der Waals surface area (Å²) in [6.45, 7) is 6.08. The van der Waals surface area contributed by atoms with Crippen molar-refractivity contribution in [3.8, 4) is 0 Å². The van der Waals surface area contributed by atoms with Crippen molar-refractivity contribution in [3.63, 3.8) is 0 Å². The van der Waals surface area contributed by atoms with Crippen molar-refractivity contribution < 1.29 is 9.59 Å². The molecule has 3 heterocycles. The smallest absolute Gasteiger partial charge is 0.276 e. The highest BCUT2D eigenvalue weighted by molar-refractivity contribution is 6.03. The van der Waals surface area contributed by atoms with Crippen LogP contribution in [-0.4, -0.2) is 42.8 Å². The minimum absolute atomic E-state index is 0.0417. The number of carbonyl (C=O) groups is 2. The van der Waals surface area contributed by atoms with Gasteiger partial charge in [-0.2, -0.15) is 10.2 Å². The van der Waals surface area contributed by atoms with Crippen LogP contribution >= 0.6 is 0 Å². The van der Waals surface area contributed by atoms with E-state index in [-0.39, 0.29) is 11.8 Å². The molecule has 1 aliphatic heterocycles. The number of hydrogen-bond donors (Lipinski definition) is 1. The maximum Gasteiger partial charge on any atom is 0.276 e. The summed E-state index contributed by atoms with van der Waals surface area (Å²) in [4.78, 5) is 27.2. The second-order valence-electron chi connectivity index (χ2n) is 6.77. The maximum absolute atomic E-state index is 12.9. The molecule has 0 atom stereocenters. The van der Waals surface area contributed by atoms with Gasteiger partial charge in [0.2, 0.25) is 0 Å². The Balaban J connectivity index is 1.49. The first-order valence-corrected chi connectivity index (χ1v) is 9.31. The van der Waals surface area contributed by atoms with Gasteiger partial charge in [0, 0.05) is 25.0 Å². The number of hydrogen-bond acceptors (Lipinski definition) is 4. The van der Waals surface area contributed by atoms with Gasteiger partial charge in [0.05, 0.1) is 30.0 Å². The summed E-state index contributed by atoms with van der Waals surface area (Å²) in [5.74, 6) is -0.300. The number of nitrogens with one attached hydrogen (secondary N) is 1. The highest BCUT2D eigenvalue weighted by atomic mass is 16.2. The minimum atomic E-state index is -0.258. The van der Waals surface area contributed by atoms with Gasteiger partial charge in [-0.1, -0.05) is 18.2 Å². The highest BCUT2D eigenvalue weighted by Crippen LogP contribution is 2.18. The van der Waals surface area contributed by atoms with Crippen LogP contribution in [0.3, 0.4) is 0 Å². The average Bonchev–Trinajstić information content (AvgIpc) is 3.31. The third-order valence-electron chi connectivity index (χ3n) is 4.85. The molecule has 2 amide bonds. The van der Waals surface area contributed by atoms with Crippen LogP contribution in [0.4, 0.5) is 5.69 Å². The number of aromatic nitrogens is 4. The van der Waals surface area contributed by atoms with E-state index in [1.54, 1.807) is 26.5 Å². The first kappa shape index (κ1) is 18.0. The third kappa shape index (κ3) is 3.40. The molecule has 0 radical (unpaired) electrons. The van der Waals surface area contributed by atoms with Crippen molar-refractivity contribution >= 4 is 17.5 Å². The molecule has 0 bridgehead atoms. The van der Waals surface area contributed by atoms with Gasteiger partial charge in [-0.3, -0.25) is 19.0 Å². The molecule has 144 valence electrons. The van der Waals surface area contributed by atoms with Crippen LogP contribution in [0.15, 0.2) is 42.6 Å². The lowest BCUT2D eigenvalue weighted by Crippen LogP contribution is -2.38. The van der Waals surface area contributed by atoms with Crippen LogP contribution in [0.1, 0.15) is 39.2 Å². The largest absolute Gasteiger partial charge is 0.331 e. The summed E-state index contributed by atoms with van der Waals surface area (Å²) in [5.41, 5.74) is 3.27. The van der Waals surface area contributed by atoms with Crippen molar-refractivity contribution in [2.45, 2.75) is 33.5 Å². The number of amides is 2. The molecular formula is C20H22N6O2. The molecule has 3 aromatic rings. The second kappa shape index (κ2) is 7.30. The predicted molar refractivity (Wildman–Crippen MR) is 104 cm³/mol. The van der Waals surface area contributed by atoms with E-state index < -0.39 is 0 Å². The summed E-state index contributed by atoms with van der Waals surface area (Å²) in [6, 6.07) is 11.0. The summed E-state index contributed by atoms with van der Waals surface area (Å²) < 4.78 is 3.56. The zero-order valence-electron chi connectivity index (χ0n) is 15.9. The van der Waals surface area contributed by atoms with Crippen LogP contribution < -0.4 is 5.32 Å². The lowest BCUT2D eigenvalue weighted by Gasteiger charge is -2.27. The van der Waals surface area contributed by atoms with Gasteiger partial charge >= 0.3 is 0 Å². The third-order valence-corrected chi connectivity index (χ3v) is 4.85. The fourth-order valence-electron chi connectivity index (χ4n) is 3.33. The molecule has 0 saturated carbocycles. The standard InChI is InChI=1S/C20H22N6O2/c1-3-25-13-17(14(2)22-25)20(28)24-9-10-26-16(12-24)11-18(23-26)19(27)21-15-7-5-4-6-8-15/h4-8,11,13H,3,9-10,12H2,1-2H3,(H,21,27). The van der Waals surface area contributed by atoms with Gasteiger partial charge in [-0.05, 0) is 32.0 Å². The molecule has 0 unspecified atom stereocenters. The normalized spacial score (nSPS) is 13.3. The molecule has 4 rings (SSSR count). The molecule has 1 aliphatic rings. The quantitative estimate of drug-likeness (QED) is 0.755. The molecule has 2 aromatic heterocycles. The van der Waals surface area contributed by atoms with E-state index >= 15 is 0 Å². The molecule has 8 heteroatoms. The first-order chi connectivity index (χ1) is 13.5. The van der Waals surface area contributed by atoms with Crippen LogP contribution in [-0.2, 0) is 19.6 Å². The summed E-state index contributed by atoms with van der Waals surface area (Å²) in [7, 11) is 0. The summed E-state index contributed by atoms with van der Waals surface area (Å²) in [5, 5.41) is 11.6. The highest BCUT2D eigenvalue weighted by Gasteiger charge is 2.26. The van der Waals surface area contributed by atoms with Gasteiger partial charge in [0.15, 0.2) is 5.69 Å². The van der Waals surface area contributed by atoms with Gasteiger partial charge in [0.1, 0.15) is 0 Å². The molecule has 0 aliphatic carbocycles. The van der Waals surface area contributed by atoms with Gasteiger partial charge in [-0.15, -0.1) is 0 Å². The van der Waals surface area contributed by atoms with Gasteiger partial charge < -0.3 is 10.2 Å². The number of para-hydroxylation sites is 1. The summed E-state index contributed by atoms with van der Waals surface area (Å²) in [6.07, 6.45) is 1.79. The Morgan fingerprint density at radius 2 is 1.93 bits per heavy atom. The number of aryl methyl sites for hydroxylation is 2. The second-order valence-corrected chi connectivity index (χ2v) is 6.77. The average molecular weight is 378 g/mol. The Labute approximate surface area is 162 Å². The van der Waals surface area contributed by atoms with Crippen LogP contribution in [0.2, 0.25) is 0 Å². The Bertz CT molecular complexity index is 1020. The molecule has 1 aromatic carbocycles. The topological polar surface area (TPSA) is 85.0 Å². The van der Waals surface area contributed by atoms with E-state index in [4.69, 9.17) is 0 Å². The predicted octanol–water partition coefficient (Wildman–Crippen LogP) is 2.32. The van der Waals surface area contributed by atoms with E-state index in [1.807, 2.05) is 44.2 Å². The van der Waals surface area contributed by atoms with E-state index in [1.165, 1.54) is 0 Å². The molecule has 8 nitrogen and oxygen atoms in total. The lowest BCUT2D eigenvalue weighted by atomic mass is 10.2. The van der Waals surface area contributed by atoms with Gasteiger partial charge in [-0.25, -0.2) is 0 Å². The minimum Gasteiger partial charge on any atom is -0.331 e. The van der Waals surface area contributed by atoms with E-state index in [0.29, 0.717) is 30.9 Å². The molecule has 1 N–H and O–H groups in total. The molecule has 0 spiro atoms. The molecule has 28 heavy (non-hydrogen) atoms. The molecule has 0 fully saturated rings. The molecular weight excluding hydrogens is 356 g/mol. The van der Waals surface area contributed by atoms with Crippen LogP contribution in [0, 0.1) is 6.92 Å². The molecule has 0 saturated heterocycles. The summed E-state index contributed by atoms with van der Waals surface area (Å²) >= 11 is 0. The number of benzene rings is 1. The number of carbonyl (C=O) groups excluding carboxylic acids is 2. The first-order valence-electron chi connectivity index (χ1n) is 9.31. The number of nitrogens with zero attached hydrogens (tertiary/aromatic N) is 5. The fourth-order valence-corrected chi connectivity index (χ4v) is 3.33. The van der Waals surface area contributed by atoms with Crippen molar-refractivity contribution in [2.75, 3.05) is 11.9 Å². The zero-order chi connectivity index (χ0) is 19.7. The van der Waals surface area contributed by atoms with E-state index in [2.05, 4.69) is 15.5 Å². The van der Waals surface area contributed by atoms with E-state index in [0.717, 1.165) is 23.6 Å². The van der Waals surface area contributed by atoms with Crippen LogP contribution in [0.5, 0.6) is 0 Å². The van der Waals surface area contributed by atoms with Crippen molar-refractivity contribution in [1.29, 1.82) is 0 Å². The monoisotopic (exact) mass is 378 g/mol.